The molecule has 5 rings (SSSR count). The van der Waals surface area contributed by atoms with Crippen LogP contribution in [0.15, 0.2) is 96.6 Å². The summed E-state index contributed by atoms with van der Waals surface area (Å²) in [6.07, 6.45) is 6.48. The van der Waals surface area contributed by atoms with Gasteiger partial charge in [-0.15, -0.1) is 11.3 Å². The minimum absolute atomic E-state index is 0.101. The highest BCUT2D eigenvalue weighted by atomic mass is 32.1. The van der Waals surface area contributed by atoms with E-state index in [1.165, 1.54) is 17.4 Å². The first-order valence-corrected chi connectivity index (χ1v) is 11.1. The second kappa shape index (κ2) is 9.02. The van der Waals surface area contributed by atoms with Gasteiger partial charge in [0.05, 0.1) is 22.3 Å². The van der Waals surface area contributed by atoms with Crippen LogP contribution in [0.25, 0.3) is 23.0 Å². The molecular formula is C26H18N4O2S. The third-order valence-corrected chi connectivity index (χ3v) is 5.91. The maximum absolute atomic E-state index is 12.8. The number of anilines is 1. The minimum atomic E-state index is -0.223. The average Bonchev–Trinajstić information content (AvgIpc) is 3.54. The van der Waals surface area contributed by atoms with Gasteiger partial charge >= 0.3 is 0 Å². The van der Waals surface area contributed by atoms with E-state index >= 15 is 0 Å². The Kier molecular flexibility index (Phi) is 5.61. The van der Waals surface area contributed by atoms with E-state index in [9.17, 15) is 9.59 Å². The fourth-order valence-electron chi connectivity index (χ4n) is 3.49. The molecule has 0 saturated carbocycles. The van der Waals surface area contributed by atoms with Gasteiger partial charge in [0.15, 0.2) is 5.65 Å². The van der Waals surface area contributed by atoms with Crippen LogP contribution in [0.5, 0.6) is 0 Å². The van der Waals surface area contributed by atoms with Crippen LogP contribution in [-0.2, 0) is 4.79 Å². The van der Waals surface area contributed by atoms with Gasteiger partial charge in [0.2, 0.25) is 11.7 Å². The monoisotopic (exact) mass is 450 g/mol. The van der Waals surface area contributed by atoms with E-state index in [4.69, 9.17) is 0 Å². The summed E-state index contributed by atoms with van der Waals surface area (Å²) in [4.78, 5) is 30.2. The van der Waals surface area contributed by atoms with Crippen molar-refractivity contribution in [1.29, 1.82) is 0 Å². The molecule has 0 aliphatic carbocycles. The van der Waals surface area contributed by atoms with Crippen molar-refractivity contribution in [1.82, 2.24) is 14.6 Å². The Hall–Kier alpha value is -4.36. The van der Waals surface area contributed by atoms with Crippen LogP contribution in [-0.4, -0.2) is 26.3 Å². The highest BCUT2D eigenvalue weighted by Gasteiger charge is 2.18. The van der Waals surface area contributed by atoms with E-state index in [2.05, 4.69) is 15.4 Å². The Morgan fingerprint density at radius 2 is 1.85 bits per heavy atom. The Bertz CT molecular complexity index is 1470. The normalized spacial score (nSPS) is 11.2. The number of rotatable bonds is 6. The summed E-state index contributed by atoms with van der Waals surface area (Å²) in [6, 6.07) is 22.6. The molecule has 2 aromatic carbocycles. The van der Waals surface area contributed by atoms with E-state index in [0.717, 1.165) is 16.8 Å². The lowest BCUT2D eigenvalue weighted by molar-refractivity contribution is -0.111. The largest absolute Gasteiger partial charge is 0.322 e. The first-order valence-electron chi connectivity index (χ1n) is 10.2. The number of amides is 1. The molecule has 0 radical (unpaired) electrons. The molecule has 33 heavy (non-hydrogen) atoms. The number of nitrogens with one attached hydrogen (secondary N) is 1. The van der Waals surface area contributed by atoms with Crippen LogP contribution in [0.4, 0.5) is 5.69 Å². The van der Waals surface area contributed by atoms with E-state index in [-0.39, 0.29) is 11.7 Å². The molecule has 5 aromatic rings. The van der Waals surface area contributed by atoms with Gasteiger partial charge in [-0.2, -0.15) is 5.10 Å². The predicted octanol–water partition coefficient (Wildman–Crippen LogP) is 5.34. The van der Waals surface area contributed by atoms with Gasteiger partial charge in [0.1, 0.15) is 0 Å². The molecule has 1 N–H and O–H groups in total. The lowest BCUT2D eigenvalue weighted by atomic mass is 10.1. The molecule has 3 heterocycles. The molecule has 7 heteroatoms. The summed E-state index contributed by atoms with van der Waals surface area (Å²) in [5, 5.41) is 9.18. The number of benzene rings is 2. The van der Waals surface area contributed by atoms with Crippen LogP contribution < -0.4 is 5.32 Å². The Labute approximate surface area is 193 Å². The molecule has 0 spiro atoms. The highest BCUT2D eigenvalue weighted by Crippen LogP contribution is 2.25. The van der Waals surface area contributed by atoms with Crippen molar-refractivity contribution in [2.45, 2.75) is 0 Å². The Morgan fingerprint density at radius 3 is 2.67 bits per heavy atom. The summed E-state index contributed by atoms with van der Waals surface area (Å²) in [5.74, 6) is -0.324. The fraction of sp³-hybridized carbons (Fsp3) is 0. The summed E-state index contributed by atoms with van der Waals surface area (Å²) >= 11 is 1.39. The van der Waals surface area contributed by atoms with Gasteiger partial charge in [-0.1, -0.05) is 48.5 Å². The summed E-state index contributed by atoms with van der Waals surface area (Å²) in [7, 11) is 0. The number of aromatic nitrogens is 3. The first kappa shape index (κ1) is 20.5. The van der Waals surface area contributed by atoms with Crippen molar-refractivity contribution in [2.75, 3.05) is 5.32 Å². The van der Waals surface area contributed by atoms with Gasteiger partial charge < -0.3 is 5.32 Å². The maximum Gasteiger partial charge on any atom is 0.248 e. The van der Waals surface area contributed by atoms with Gasteiger partial charge in [-0.05, 0) is 41.3 Å². The quantitative estimate of drug-likeness (QED) is 0.280. The molecule has 3 aromatic heterocycles. The summed E-state index contributed by atoms with van der Waals surface area (Å²) < 4.78 is 1.65. The number of carbonyl (C=O) groups is 2. The molecule has 0 fully saturated rings. The Morgan fingerprint density at radius 1 is 0.970 bits per heavy atom. The van der Waals surface area contributed by atoms with Crippen LogP contribution in [0, 0.1) is 0 Å². The number of hydrogen-bond donors (Lipinski definition) is 1. The molecule has 0 aliphatic rings. The van der Waals surface area contributed by atoms with Crippen LogP contribution >= 0.6 is 11.3 Å². The third kappa shape index (κ3) is 4.35. The van der Waals surface area contributed by atoms with Gasteiger partial charge in [0.25, 0.3) is 0 Å². The number of hydrogen-bond acceptors (Lipinski definition) is 5. The fourth-order valence-corrected chi connectivity index (χ4v) is 4.16. The molecule has 160 valence electrons. The lowest BCUT2D eigenvalue weighted by Crippen LogP contribution is -2.07. The van der Waals surface area contributed by atoms with Gasteiger partial charge in [0, 0.05) is 23.5 Å². The second-order valence-electron chi connectivity index (χ2n) is 7.24. The van der Waals surface area contributed by atoms with Crippen molar-refractivity contribution in [3.8, 4) is 11.3 Å². The number of carbonyl (C=O) groups excluding carboxylic acids is 2. The molecule has 0 saturated heterocycles. The van der Waals surface area contributed by atoms with E-state index in [1.807, 2.05) is 72.1 Å². The second-order valence-corrected chi connectivity index (χ2v) is 8.19. The summed E-state index contributed by atoms with van der Waals surface area (Å²) in [5.41, 5.74) is 4.15. The molecule has 0 bridgehead atoms. The predicted molar refractivity (Wildman–Crippen MR) is 130 cm³/mol. The topological polar surface area (TPSA) is 76.4 Å². The molecule has 0 aliphatic heterocycles. The molecular weight excluding hydrogens is 432 g/mol. The maximum atomic E-state index is 12.8. The number of fused-ring (bicyclic) bond motifs is 1. The Balaban J connectivity index is 1.42. The van der Waals surface area contributed by atoms with Crippen LogP contribution in [0.2, 0.25) is 0 Å². The van der Waals surface area contributed by atoms with E-state index in [0.29, 0.717) is 21.8 Å². The van der Waals surface area contributed by atoms with Crippen molar-refractivity contribution in [3.05, 3.63) is 113 Å². The minimum Gasteiger partial charge on any atom is -0.322 e. The van der Waals surface area contributed by atoms with Gasteiger partial charge in [-0.3, -0.25) is 9.59 Å². The third-order valence-electron chi connectivity index (χ3n) is 5.04. The lowest BCUT2D eigenvalue weighted by Gasteiger charge is -2.08. The number of thiophene rings is 1. The SMILES string of the molecule is O=C(C=Cc1ccccc1)Nc1cccc(-c2ccnc3c(C(=O)c4cccs4)cnn23)c1. The number of nitrogens with zero attached hydrogens (tertiary/aromatic N) is 3. The molecule has 6 nitrogen and oxygen atoms in total. The van der Waals surface area contributed by atoms with E-state index in [1.54, 1.807) is 29.1 Å². The van der Waals surface area contributed by atoms with Crippen LogP contribution in [0.3, 0.4) is 0 Å². The van der Waals surface area contributed by atoms with Crippen molar-refractivity contribution in [2.24, 2.45) is 0 Å². The zero-order valence-electron chi connectivity index (χ0n) is 17.4. The molecule has 0 unspecified atom stereocenters. The zero-order valence-corrected chi connectivity index (χ0v) is 18.2. The zero-order chi connectivity index (χ0) is 22.6. The smallest absolute Gasteiger partial charge is 0.248 e. The standard InChI is InChI=1S/C26H18N4O2S/c31-24(12-11-18-6-2-1-3-7-18)29-20-9-4-8-19(16-20)22-13-14-27-26-21(17-28-30(22)26)25(32)23-10-5-15-33-23/h1-17H,(H,29,31). The highest BCUT2D eigenvalue weighted by molar-refractivity contribution is 7.12. The average molecular weight is 451 g/mol. The van der Waals surface area contributed by atoms with Gasteiger partial charge in [-0.25, -0.2) is 9.50 Å². The van der Waals surface area contributed by atoms with Crippen molar-refractivity contribution >= 4 is 40.4 Å². The molecule has 1 amide bonds. The van der Waals surface area contributed by atoms with Crippen molar-refractivity contribution in [3.63, 3.8) is 0 Å². The van der Waals surface area contributed by atoms with E-state index < -0.39 is 0 Å². The van der Waals surface area contributed by atoms with Crippen LogP contribution in [0.1, 0.15) is 20.8 Å². The van der Waals surface area contributed by atoms with Crippen molar-refractivity contribution < 1.29 is 9.59 Å². The first-order chi connectivity index (χ1) is 16.2. The summed E-state index contributed by atoms with van der Waals surface area (Å²) in [6.45, 7) is 0. The number of ketones is 1. The molecule has 0 atom stereocenters.